The fraction of sp³-hybridized carbons (Fsp3) is 0.894. The normalized spacial score (nSPS) is 51.2. The molecule has 32 heteroatoms. The van der Waals surface area contributed by atoms with Crippen LogP contribution < -0.4 is 4.74 Å². The van der Waals surface area contributed by atoms with Crippen molar-refractivity contribution in [3.05, 3.63) is 29.8 Å². The van der Waals surface area contributed by atoms with Gasteiger partial charge < -0.3 is 75.9 Å². The lowest BCUT2D eigenvalue weighted by molar-refractivity contribution is -0.577. The summed E-state index contributed by atoms with van der Waals surface area (Å²) in [5.41, 5.74) is -2.26. The summed E-state index contributed by atoms with van der Waals surface area (Å²) in [4.78, 5) is 142. The van der Waals surface area contributed by atoms with Gasteiger partial charge in [-0.2, -0.15) is 9.78 Å². The van der Waals surface area contributed by atoms with Crippen molar-refractivity contribution in [3.8, 4) is 5.75 Å². The van der Waals surface area contributed by atoms with Gasteiger partial charge in [0.15, 0.2) is 58.9 Å². The Morgan fingerprint density at radius 1 is 0.393 bits per heavy atom. The number of esters is 3. The largest absolute Gasteiger partial charge is 0.469 e. The summed E-state index contributed by atoms with van der Waals surface area (Å²) in [6, 6.07) is 7.22. The molecular formula is C113H168O32. The second-order valence-corrected chi connectivity index (χ2v) is 50.9. The van der Waals surface area contributed by atoms with E-state index in [-0.39, 0.29) is 89.5 Å². The third-order valence-corrected chi connectivity index (χ3v) is 41.3. The number of fused-ring (bicyclic) bond motifs is 10. The Hall–Kier alpha value is -4.44. The zero-order valence-corrected chi connectivity index (χ0v) is 89.4. The molecule has 14 bridgehead atoms. The maximum atomic E-state index is 12.7. The molecule has 21 saturated heterocycles. The SMILES string of the molecule is CC(=O)CC1CCC2(CC1)OOC1(O2)C2CC3CC(C2)CC1C3.CC(=O)CCCO[C@H]1O[C@@H]2OC3(C)CC[C@H]4[C@H](C)CC[C@@H]([C@H]1C)C24OO3.CC(=O)c1ccc(OC2O[C@@H]3O[C@@]4(C)CC[C@H]5[C@H](C)CC[C@@H]([C@H]2C)[C@@]35OO4)cc1.CCCCC[C@H]1C(=O)OC2OC3(C)CC[C@H]4[C@H](C)CCC1C24OO3.COC(=O)C[C@H]1C(=O)O[C@@H]2O[C@@]3(C)CC[C@H]4[C@H](C)CC[C@@H]1[C@@]24OO3.C[C@@H]1CC[C@H]2[C@@H](C)CO[C@@H]3O[C@@]4(C)CC[C@@H]1[C@]32OO4. The fourth-order valence-corrected chi connectivity index (χ4v) is 33.5. The van der Waals surface area contributed by atoms with Crippen molar-refractivity contribution in [3.63, 3.8) is 0 Å². The highest BCUT2D eigenvalue weighted by Gasteiger charge is 2.77. The summed E-state index contributed by atoms with van der Waals surface area (Å²) in [5.74, 6) is 4.34. The Morgan fingerprint density at radius 3 is 1.25 bits per heavy atom. The lowest BCUT2D eigenvalue weighted by atomic mass is 9.53. The van der Waals surface area contributed by atoms with Crippen molar-refractivity contribution in [2.75, 3.05) is 20.3 Å². The predicted octanol–water partition coefficient (Wildman–Crippen LogP) is 20.8. The van der Waals surface area contributed by atoms with E-state index in [4.69, 9.17) is 125 Å². The lowest BCUT2D eigenvalue weighted by Crippen LogP contribution is -2.70. The van der Waals surface area contributed by atoms with Gasteiger partial charge in [0.1, 0.15) is 17.3 Å². The number of ketones is 3. The zero-order chi connectivity index (χ0) is 102. The van der Waals surface area contributed by atoms with Crippen LogP contribution in [0.3, 0.4) is 0 Å². The molecule has 7 spiro atoms. The summed E-state index contributed by atoms with van der Waals surface area (Å²) in [5, 5.41) is 0. The van der Waals surface area contributed by atoms with E-state index in [0.717, 1.165) is 179 Å². The minimum absolute atomic E-state index is 0.00377. The fourth-order valence-electron chi connectivity index (χ4n) is 33.5. The second kappa shape index (κ2) is 40.7. The Kier molecular flexibility index (Phi) is 29.8. The van der Waals surface area contributed by atoms with Crippen LogP contribution in [-0.4, -0.2) is 168 Å². The standard InChI is InChI=1S/C23H30O6.C20H32O6.C19H30O5.C19H28O4.C17H24O7.C15H24O4/c1-13-5-10-19-14(2)20(25-17-8-6-16(7-9-17)15(3)24)26-21-23(19)18(13)11-12-22(4,27-21)28-29-23;1-12-7-8-16-14(3)17(22-11-5-6-13(2)21)23-18-20(16)15(12)9-10-19(4,24-18)25-26-20;1-4-5-6-7-13-15-9-8-12(2)14-10-11-18(3)22-17(21-16(13)20)19(14,15)24-23-18;1-12(20)6-13-2-4-18(5-3-13)21-19(23-22-18)16-8-14-7-15(10-16)11-17(19)9-14;1-9-4-5-12-10(8-13(18)20-3)14(19)21-15-17(12)11(9)6-7-16(2,22-15)23-24-17;1-9-4-5-11-10(2)8-16-13-15(11)12(9)6-7-14(3,17-13)18-19-15/h6-9,13-14,18-21H,5,10-12H2,1-4H3;12,14-18H,5-11H2,1-4H3;12-15,17H,4-11H2,1-3H3;13-17H,2-11H2,1H3;9-12,15H,4-8H2,1-3H3;9-13H,4-8H2,1-3H3/t13-,14-,18+,19+,20?,21-,22-,23-;12-,14-,15+,16+,17+,18-,19?,20?;12-,13-,14+,15?,17?,18?,19?;;9-,10-,11+,12+,15-,16-,17-;9-,10+,11+,12+,13-,14-,15+/m111.11/s1. The Labute approximate surface area is 856 Å². The summed E-state index contributed by atoms with van der Waals surface area (Å²) in [6.07, 6.45) is 32.9. The van der Waals surface area contributed by atoms with Crippen molar-refractivity contribution in [1.29, 1.82) is 0 Å². The minimum atomic E-state index is -0.896. The molecule has 10 saturated carbocycles. The van der Waals surface area contributed by atoms with E-state index in [2.05, 4.69) is 62.3 Å². The second-order valence-electron chi connectivity index (χ2n) is 50.9. The number of carbonyl (C=O) groups excluding carboxylic acids is 6. The van der Waals surface area contributed by atoms with Gasteiger partial charge in [-0.1, -0.05) is 81.6 Å². The molecule has 32 nitrogen and oxygen atoms in total. The number of ether oxygens (including phenoxy) is 14. The first-order valence-corrected chi connectivity index (χ1v) is 56.8. The number of hydrogen-bond acceptors (Lipinski definition) is 32. The molecule has 0 amide bonds. The summed E-state index contributed by atoms with van der Waals surface area (Å²) in [7, 11) is 1.32. The molecule has 10 aliphatic carbocycles. The van der Waals surface area contributed by atoms with Gasteiger partial charge in [-0.3, -0.25) is 19.2 Å². The van der Waals surface area contributed by atoms with Gasteiger partial charge in [0.25, 0.3) is 0 Å². The van der Waals surface area contributed by atoms with Gasteiger partial charge in [0.05, 0.1) is 38.6 Å². The highest BCUT2D eigenvalue weighted by molar-refractivity contribution is 5.94. The van der Waals surface area contributed by atoms with Crippen molar-refractivity contribution >= 4 is 35.3 Å². The van der Waals surface area contributed by atoms with Crippen LogP contribution >= 0.6 is 0 Å². The van der Waals surface area contributed by atoms with Crippen molar-refractivity contribution < 1.29 is 154 Å². The summed E-state index contributed by atoms with van der Waals surface area (Å²) in [6.45, 7) is 35.9. The van der Waals surface area contributed by atoms with E-state index in [0.29, 0.717) is 126 Å². The van der Waals surface area contributed by atoms with Crippen LogP contribution in [0.25, 0.3) is 0 Å². The molecule has 21 aliphatic heterocycles. The van der Waals surface area contributed by atoms with Crippen molar-refractivity contribution in [2.45, 2.75) is 468 Å². The number of carbonyl (C=O) groups is 6. The van der Waals surface area contributed by atoms with Crippen molar-refractivity contribution in [2.24, 2.45) is 148 Å². The van der Waals surface area contributed by atoms with Gasteiger partial charge in [-0.15, -0.1) is 0 Å². The highest BCUT2D eigenvalue weighted by Crippen LogP contribution is 2.70. The first-order chi connectivity index (χ1) is 69.2. The van der Waals surface area contributed by atoms with Gasteiger partial charge in [0.2, 0.25) is 59.4 Å². The molecule has 37 atom stereocenters. The third-order valence-electron chi connectivity index (χ3n) is 41.3. The van der Waals surface area contributed by atoms with Gasteiger partial charge in [-0.25, -0.2) is 48.9 Å². The molecule has 21 heterocycles. The molecule has 31 aliphatic rings. The Morgan fingerprint density at radius 2 is 0.800 bits per heavy atom. The van der Waals surface area contributed by atoms with Gasteiger partial charge in [0, 0.05) is 128 Å². The van der Waals surface area contributed by atoms with E-state index in [9.17, 15) is 28.8 Å². The van der Waals surface area contributed by atoms with E-state index in [1.54, 1.807) is 32.9 Å². The lowest BCUT2D eigenvalue weighted by Gasteiger charge is -2.60. The maximum absolute atomic E-state index is 12.7. The smallest absolute Gasteiger partial charge is 0.312 e. The first kappa shape index (κ1) is 106. The van der Waals surface area contributed by atoms with Gasteiger partial charge in [-0.05, 0) is 305 Å². The number of rotatable bonds is 16. The van der Waals surface area contributed by atoms with Crippen LogP contribution in [0.4, 0.5) is 0 Å². The average Bonchev–Trinajstić information content (AvgIpc) is 1.71. The van der Waals surface area contributed by atoms with Crippen LogP contribution in [0, 0.1) is 148 Å². The minimum Gasteiger partial charge on any atom is -0.469 e. The molecule has 145 heavy (non-hydrogen) atoms. The van der Waals surface area contributed by atoms with E-state index < -0.39 is 112 Å². The molecule has 7 unspecified atom stereocenters. The molecular weight excluding hydrogens is 1870 g/mol. The molecule has 0 aromatic heterocycles. The maximum Gasteiger partial charge on any atom is 0.312 e. The van der Waals surface area contributed by atoms with Gasteiger partial charge >= 0.3 is 17.9 Å². The monoisotopic (exact) mass is 2040 g/mol. The van der Waals surface area contributed by atoms with Crippen LogP contribution in [-0.2, 0) is 144 Å². The van der Waals surface area contributed by atoms with E-state index in [1.165, 1.54) is 58.5 Å². The summed E-state index contributed by atoms with van der Waals surface area (Å²) < 4.78 is 84.9. The molecule has 31 fully saturated rings. The van der Waals surface area contributed by atoms with E-state index >= 15 is 0 Å². The van der Waals surface area contributed by atoms with Crippen LogP contribution in [0.1, 0.15) is 366 Å². The molecule has 0 N–H and O–H groups in total. The predicted molar refractivity (Wildman–Crippen MR) is 513 cm³/mol. The van der Waals surface area contributed by atoms with Crippen LogP contribution in [0.5, 0.6) is 5.75 Å². The third kappa shape index (κ3) is 18.8. The molecule has 0 radical (unpaired) electrons. The topological polar surface area (TPSA) is 342 Å². The Balaban J connectivity index is 0.000000103. The number of Topliss-reactive ketones (excluding diaryl/α,β-unsaturated/α-hetero) is 3. The number of unbranched alkanes of at least 4 members (excludes halogenated alkanes) is 2. The molecule has 812 valence electrons. The zero-order valence-electron chi connectivity index (χ0n) is 89.4. The first-order valence-electron chi connectivity index (χ1n) is 56.8. The molecule has 32 rings (SSSR count). The summed E-state index contributed by atoms with van der Waals surface area (Å²) >= 11 is 0. The number of hydrogen-bond donors (Lipinski definition) is 0. The van der Waals surface area contributed by atoms with Crippen LogP contribution in [0.15, 0.2) is 24.3 Å². The molecule has 1 aromatic carbocycles. The highest BCUT2D eigenvalue weighted by atomic mass is 17.3. The van der Waals surface area contributed by atoms with E-state index in [1.807, 2.05) is 46.8 Å². The quantitative estimate of drug-likeness (QED) is 0.0488. The number of methoxy groups -OCH3 is 1. The average molecular weight is 2040 g/mol. The van der Waals surface area contributed by atoms with Crippen LogP contribution in [0.2, 0.25) is 0 Å². The number of benzene rings is 1. The molecule has 1 aromatic rings. The van der Waals surface area contributed by atoms with Crippen molar-refractivity contribution in [1.82, 2.24) is 0 Å². The Bertz CT molecular complexity index is 4770.